The average Bonchev–Trinajstić information content (AvgIpc) is 2.77. The Morgan fingerprint density at radius 1 is 0.900 bits per heavy atom. The van der Waals surface area contributed by atoms with Gasteiger partial charge in [-0.05, 0) is 106 Å². The predicted molar refractivity (Wildman–Crippen MR) is 118 cm³/mol. The maximum Gasteiger partial charge on any atom is 0.200 e. The van der Waals surface area contributed by atoms with Crippen LogP contribution in [0.15, 0.2) is 24.3 Å². The van der Waals surface area contributed by atoms with E-state index >= 15 is 0 Å². The lowest BCUT2D eigenvalue weighted by atomic mass is 9.76. The van der Waals surface area contributed by atoms with Crippen LogP contribution in [0.1, 0.15) is 82.6 Å². The summed E-state index contributed by atoms with van der Waals surface area (Å²) in [4.78, 5) is 0. The van der Waals surface area contributed by atoms with Crippen molar-refractivity contribution >= 4 is 0 Å². The molecule has 2 saturated carbocycles. The van der Waals surface area contributed by atoms with Crippen molar-refractivity contribution < 1.29 is 18.3 Å². The highest BCUT2D eigenvalue weighted by atomic mass is 19.2. The first-order chi connectivity index (χ1) is 14.6. The third-order valence-corrected chi connectivity index (χ3v) is 7.10. The Morgan fingerprint density at radius 2 is 1.53 bits per heavy atom. The van der Waals surface area contributed by atoms with E-state index < -0.39 is 11.6 Å². The molecule has 4 heteroatoms. The van der Waals surface area contributed by atoms with E-state index in [1.807, 2.05) is 0 Å². The highest BCUT2D eigenvalue weighted by molar-refractivity contribution is 5.33. The number of allylic oxidation sites excluding steroid dienone is 2. The second-order valence-corrected chi connectivity index (χ2v) is 9.13. The van der Waals surface area contributed by atoms with E-state index in [2.05, 4.69) is 12.2 Å². The van der Waals surface area contributed by atoms with Gasteiger partial charge in [-0.2, -0.15) is 4.39 Å². The first-order valence-electron chi connectivity index (χ1n) is 11.9. The topological polar surface area (TPSA) is 18.5 Å². The van der Waals surface area contributed by atoms with E-state index in [1.54, 1.807) is 26.2 Å². The summed E-state index contributed by atoms with van der Waals surface area (Å²) < 4.78 is 39.1. The maximum absolute atomic E-state index is 14.5. The molecule has 0 bridgehead atoms. The SMILES string of the molecule is CCOc1ccc(C2CCC(C=CC3CCC(CCCOC)CC3)CC2)c(F)c1F. The molecule has 2 aliphatic rings. The zero-order valence-electron chi connectivity index (χ0n) is 18.7. The predicted octanol–water partition coefficient (Wildman–Crippen LogP) is 7.43. The monoisotopic (exact) mass is 420 g/mol. The molecule has 0 heterocycles. The van der Waals surface area contributed by atoms with Crippen molar-refractivity contribution in [2.75, 3.05) is 20.3 Å². The molecule has 1 aromatic carbocycles. The third-order valence-electron chi connectivity index (χ3n) is 7.10. The second kappa shape index (κ2) is 11.8. The lowest BCUT2D eigenvalue weighted by molar-refractivity contribution is 0.179. The first-order valence-corrected chi connectivity index (χ1v) is 11.9. The fourth-order valence-electron chi connectivity index (χ4n) is 5.25. The smallest absolute Gasteiger partial charge is 0.200 e. The summed E-state index contributed by atoms with van der Waals surface area (Å²) in [7, 11) is 1.78. The van der Waals surface area contributed by atoms with E-state index in [-0.39, 0.29) is 11.7 Å². The molecule has 2 aliphatic carbocycles. The minimum atomic E-state index is -0.839. The van der Waals surface area contributed by atoms with Crippen molar-refractivity contribution in [3.63, 3.8) is 0 Å². The van der Waals surface area contributed by atoms with Crippen molar-refractivity contribution in [3.05, 3.63) is 41.5 Å². The molecule has 30 heavy (non-hydrogen) atoms. The molecule has 2 nitrogen and oxygen atoms in total. The summed E-state index contributed by atoms with van der Waals surface area (Å²) in [6.45, 7) is 2.99. The molecule has 0 amide bonds. The van der Waals surface area contributed by atoms with E-state index in [0.29, 0.717) is 18.1 Å². The van der Waals surface area contributed by atoms with Crippen molar-refractivity contribution in [3.8, 4) is 5.75 Å². The number of methoxy groups -OCH3 is 1. The molecule has 0 aromatic heterocycles. The lowest BCUT2D eigenvalue weighted by Crippen LogP contribution is -2.15. The molecule has 0 saturated heterocycles. The summed E-state index contributed by atoms with van der Waals surface area (Å²) in [5, 5.41) is 0. The van der Waals surface area contributed by atoms with Crippen LogP contribution in [-0.2, 0) is 4.74 Å². The minimum absolute atomic E-state index is 0.0174. The van der Waals surface area contributed by atoms with E-state index in [9.17, 15) is 8.78 Å². The molecule has 0 radical (unpaired) electrons. The fraction of sp³-hybridized carbons (Fsp3) is 0.692. The number of rotatable bonds is 9. The van der Waals surface area contributed by atoms with Gasteiger partial charge in [-0.1, -0.05) is 18.2 Å². The lowest BCUT2D eigenvalue weighted by Gasteiger charge is -2.29. The Morgan fingerprint density at radius 3 is 2.13 bits per heavy atom. The van der Waals surface area contributed by atoms with Gasteiger partial charge in [0.2, 0.25) is 5.82 Å². The van der Waals surface area contributed by atoms with Gasteiger partial charge < -0.3 is 9.47 Å². The van der Waals surface area contributed by atoms with E-state index in [1.165, 1.54) is 38.5 Å². The number of benzene rings is 1. The van der Waals surface area contributed by atoms with Gasteiger partial charge in [0.05, 0.1) is 6.61 Å². The quantitative estimate of drug-likeness (QED) is 0.305. The van der Waals surface area contributed by atoms with Crippen molar-refractivity contribution in [1.29, 1.82) is 0 Å². The van der Waals surface area contributed by atoms with E-state index in [0.717, 1.165) is 44.1 Å². The van der Waals surface area contributed by atoms with Gasteiger partial charge >= 0.3 is 0 Å². The van der Waals surface area contributed by atoms with E-state index in [4.69, 9.17) is 9.47 Å². The minimum Gasteiger partial charge on any atom is -0.491 e. The van der Waals surface area contributed by atoms with Gasteiger partial charge in [0.1, 0.15) is 0 Å². The van der Waals surface area contributed by atoms with Crippen LogP contribution in [0.4, 0.5) is 8.78 Å². The molecule has 168 valence electrons. The summed E-state index contributed by atoms with van der Waals surface area (Å²) in [6.07, 6.45) is 16.6. The van der Waals surface area contributed by atoms with Crippen molar-refractivity contribution in [1.82, 2.24) is 0 Å². The molecular formula is C26H38F2O2. The standard InChI is InChI=1S/C26H38F2O2/c1-3-30-24-17-16-23(25(27)26(24)28)22-14-12-21(13-15-22)11-10-20-8-6-19(7-9-20)5-4-18-29-2/h10-11,16-17,19-22H,3-9,12-15,18H2,1-2H3. The molecular weight excluding hydrogens is 382 g/mol. The van der Waals surface area contributed by atoms with Crippen LogP contribution < -0.4 is 4.74 Å². The summed E-state index contributed by atoms with van der Waals surface area (Å²) in [5.74, 6) is 0.752. The number of hydrogen-bond donors (Lipinski definition) is 0. The van der Waals surface area contributed by atoms with Gasteiger partial charge in [0.15, 0.2) is 11.6 Å². The highest BCUT2D eigenvalue weighted by Gasteiger charge is 2.26. The van der Waals surface area contributed by atoms with Gasteiger partial charge in [0.25, 0.3) is 0 Å². The highest BCUT2D eigenvalue weighted by Crippen LogP contribution is 2.40. The van der Waals surface area contributed by atoms with Crippen LogP contribution in [0, 0.1) is 29.4 Å². The molecule has 2 fully saturated rings. The largest absolute Gasteiger partial charge is 0.491 e. The molecule has 0 unspecified atom stereocenters. The average molecular weight is 421 g/mol. The van der Waals surface area contributed by atoms with Crippen LogP contribution in [0.3, 0.4) is 0 Å². The van der Waals surface area contributed by atoms with Crippen LogP contribution in [-0.4, -0.2) is 20.3 Å². The number of ether oxygens (including phenoxy) is 2. The summed E-state index contributed by atoms with van der Waals surface area (Å²) in [6, 6.07) is 3.30. The second-order valence-electron chi connectivity index (χ2n) is 9.13. The zero-order valence-corrected chi connectivity index (χ0v) is 18.7. The number of hydrogen-bond acceptors (Lipinski definition) is 2. The molecule has 0 spiro atoms. The van der Waals surface area contributed by atoms with Gasteiger partial charge in [-0.3, -0.25) is 0 Å². The van der Waals surface area contributed by atoms with Crippen molar-refractivity contribution in [2.24, 2.45) is 17.8 Å². The van der Waals surface area contributed by atoms with Crippen LogP contribution >= 0.6 is 0 Å². The van der Waals surface area contributed by atoms with Crippen LogP contribution in [0.25, 0.3) is 0 Å². The fourth-order valence-corrected chi connectivity index (χ4v) is 5.25. The Hall–Kier alpha value is -1.42. The van der Waals surface area contributed by atoms with Gasteiger partial charge in [0, 0.05) is 13.7 Å². The molecule has 0 N–H and O–H groups in total. The Labute approximate surface area is 181 Å². The molecule has 0 aliphatic heterocycles. The van der Waals surface area contributed by atoms with Gasteiger partial charge in [-0.15, -0.1) is 0 Å². The Bertz CT molecular complexity index is 672. The Kier molecular flexibility index (Phi) is 9.17. The summed E-state index contributed by atoms with van der Waals surface area (Å²) in [5.41, 5.74) is 0.519. The molecule has 0 atom stereocenters. The number of halogens is 2. The third kappa shape index (κ3) is 6.29. The zero-order chi connectivity index (χ0) is 21.3. The molecule has 1 aromatic rings. The maximum atomic E-state index is 14.5. The molecule has 3 rings (SSSR count). The van der Waals surface area contributed by atoms with Gasteiger partial charge in [-0.25, -0.2) is 4.39 Å². The Balaban J connectivity index is 1.43. The van der Waals surface area contributed by atoms with Crippen LogP contribution in [0.5, 0.6) is 5.75 Å². The normalized spacial score (nSPS) is 27.5. The van der Waals surface area contributed by atoms with Crippen LogP contribution in [0.2, 0.25) is 0 Å². The summed E-state index contributed by atoms with van der Waals surface area (Å²) >= 11 is 0. The first kappa shape index (κ1) is 23.2. The van der Waals surface area contributed by atoms with Crippen molar-refractivity contribution in [2.45, 2.75) is 77.0 Å².